The highest BCUT2D eigenvalue weighted by Crippen LogP contribution is 2.44. The van der Waals surface area contributed by atoms with Crippen molar-refractivity contribution in [2.24, 2.45) is 23.7 Å². The maximum atomic E-state index is 5.80. The number of nitrogens with one attached hydrogen (secondary N) is 1. The Morgan fingerprint density at radius 2 is 1.81 bits per heavy atom. The summed E-state index contributed by atoms with van der Waals surface area (Å²) in [6.07, 6.45) is 14.4. The summed E-state index contributed by atoms with van der Waals surface area (Å²) >= 11 is 0. The third-order valence-electron chi connectivity index (χ3n) is 6.42. The van der Waals surface area contributed by atoms with Crippen LogP contribution in [0.4, 0.5) is 0 Å². The van der Waals surface area contributed by atoms with Crippen LogP contribution in [0.1, 0.15) is 71.1 Å². The first-order chi connectivity index (χ1) is 10.4. The molecule has 1 aliphatic heterocycles. The molecular weight excluding hydrogens is 258 g/mol. The summed E-state index contributed by atoms with van der Waals surface area (Å²) in [5, 5.41) is 3.92. The molecule has 0 aromatic rings. The lowest BCUT2D eigenvalue weighted by Crippen LogP contribution is -2.48. The lowest BCUT2D eigenvalue weighted by Gasteiger charge is -2.44. The fraction of sp³-hybridized carbons (Fsp3) is 1.00. The Bertz CT molecular complexity index is 300. The van der Waals surface area contributed by atoms with Crippen LogP contribution in [0.5, 0.6) is 0 Å². The van der Waals surface area contributed by atoms with E-state index in [4.69, 9.17) is 4.74 Å². The SMILES string of the molecule is CCCNC(C1CCCOC1)C1CCC2CCCCC2C1. The summed E-state index contributed by atoms with van der Waals surface area (Å²) in [6, 6.07) is 0.730. The zero-order chi connectivity index (χ0) is 14.5. The zero-order valence-electron chi connectivity index (χ0n) is 14.0. The summed E-state index contributed by atoms with van der Waals surface area (Å²) < 4.78 is 5.80. The van der Waals surface area contributed by atoms with Crippen LogP contribution in [0.15, 0.2) is 0 Å². The smallest absolute Gasteiger partial charge is 0.0509 e. The molecule has 2 nitrogen and oxygen atoms in total. The van der Waals surface area contributed by atoms with Crippen LogP contribution < -0.4 is 5.32 Å². The predicted octanol–water partition coefficient (Wildman–Crippen LogP) is 4.39. The molecule has 122 valence electrons. The third kappa shape index (κ3) is 4.01. The van der Waals surface area contributed by atoms with Gasteiger partial charge in [-0.1, -0.05) is 32.6 Å². The van der Waals surface area contributed by atoms with Crippen molar-refractivity contribution in [3.05, 3.63) is 0 Å². The molecule has 0 radical (unpaired) electrons. The summed E-state index contributed by atoms with van der Waals surface area (Å²) in [5.74, 6) is 3.82. The van der Waals surface area contributed by atoms with E-state index in [2.05, 4.69) is 12.2 Å². The van der Waals surface area contributed by atoms with E-state index in [1.165, 1.54) is 70.8 Å². The average Bonchev–Trinajstić information content (AvgIpc) is 2.56. The standard InChI is InChI=1S/C19H35NO/c1-2-11-20-19(18-8-5-12-21-14-18)17-10-9-15-6-3-4-7-16(15)13-17/h15-20H,2-14H2,1H3. The van der Waals surface area contributed by atoms with Crippen LogP contribution in [0.3, 0.4) is 0 Å². The topological polar surface area (TPSA) is 21.3 Å². The van der Waals surface area contributed by atoms with Crippen molar-refractivity contribution >= 4 is 0 Å². The summed E-state index contributed by atoms with van der Waals surface area (Å²) in [5.41, 5.74) is 0. The van der Waals surface area contributed by atoms with Gasteiger partial charge in [-0.15, -0.1) is 0 Å². The lowest BCUT2D eigenvalue weighted by molar-refractivity contribution is 0.0133. The normalized spacial score (nSPS) is 38.7. The van der Waals surface area contributed by atoms with E-state index in [9.17, 15) is 0 Å². The van der Waals surface area contributed by atoms with Crippen molar-refractivity contribution in [3.63, 3.8) is 0 Å². The summed E-state index contributed by atoms with van der Waals surface area (Å²) in [4.78, 5) is 0. The van der Waals surface area contributed by atoms with Gasteiger partial charge in [-0.05, 0) is 68.7 Å². The molecule has 0 aromatic heterocycles. The van der Waals surface area contributed by atoms with Crippen molar-refractivity contribution < 1.29 is 4.74 Å². The Morgan fingerprint density at radius 1 is 0.952 bits per heavy atom. The Kier molecular flexibility index (Phi) is 5.99. The molecule has 1 N–H and O–H groups in total. The van der Waals surface area contributed by atoms with Gasteiger partial charge >= 0.3 is 0 Å². The summed E-state index contributed by atoms with van der Waals surface area (Å²) in [7, 11) is 0. The molecule has 5 atom stereocenters. The van der Waals surface area contributed by atoms with Crippen molar-refractivity contribution in [1.82, 2.24) is 5.32 Å². The van der Waals surface area contributed by atoms with Crippen LogP contribution in [0, 0.1) is 23.7 Å². The van der Waals surface area contributed by atoms with E-state index in [1.807, 2.05) is 0 Å². The van der Waals surface area contributed by atoms with E-state index in [1.54, 1.807) is 0 Å². The number of rotatable bonds is 5. The van der Waals surface area contributed by atoms with Gasteiger partial charge < -0.3 is 10.1 Å². The van der Waals surface area contributed by atoms with E-state index in [0.717, 1.165) is 42.9 Å². The highest BCUT2D eigenvalue weighted by atomic mass is 16.5. The maximum absolute atomic E-state index is 5.80. The molecule has 3 fully saturated rings. The molecule has 2 heteroatoms. The van der Waals surface area contributed by atoms with Crippen LogP contribution in [-0.4, -0.2) is 25.8 Å². The van der Waals surface area contributed by atoms with Gasteiger partial charge in [0.25, 0.3) is 0 Å². The van der Waals surface area contributed by atoms with Crippen molar-refractivity contribution in [3.8, 4) is 0 Å². The Labute approximate surface area is 131 Å². The fourth-order valence-corrected chi connectivity index (χ4v) is 5.31. The van der Waals surface area contributed by atoms with Gasteiger partial charge in [0.2, 0.25) is 0 Å². The maximum Gasteiger partial charge on any atom is 0.0509 e. The number of hydrogen-bond donors (Lipinski definition) is 1. The number of ether oxygens (including phenoxy) is 1. The molecule has 1 saturated heterocycles. The first-order valence-corrected chi connectivity index (χ1v) is 9.69. The van der Waals surface area contributed by atoms with Crippen LogP contribution >= 0.6 is 0 Å². The highest BCUT2D eigenvalue weighted by Gasteiger charge is 2.38. The van der Waals surface area contributed by atoms with Crippen molar-refractivity contribution in [2.45, 2.75) is 77.2 Å². The van der Waals surface area contributed by atoms with E-state index in [-0.39, 0.29) is 0 Å². The minimum Gasteiger partial charge on any atom is -0.381 e. The molecule has 0 aromatic carbocycles. The molecule has 5 unspecified atom stereocenters. The first-order valence-electron chi connectivity index (χ1n) is 9.69. The second-order valence-electron chi connectivity index (χ2n) is 7.83. The predicted molar refractivity (Wildman–Crippen MR) is 88.4 cm³/mol. The minimum absolute atomic E-state index is 0.730. The highest BCUT2D eigenvalue weighted by molar-refractivity contribution is 4.91. The molecule has 0 spiro atoms. The first kappa shape index (κ1) is 15.8. The Morgan fingerprint density at radius 3 is 2.57 bits per heavy atom. The van der Waals surface area contributed by atoms with Crippen molar-refractivity contribution in [2.75, 3.05) is 19.8 Å². The quantitative estimate of drug-likeness (QED) is 0.812. The van der Waals surface area contributed by atoms with Gasteiger partial charge in [-0.3, -0.25) is 0 Å². The molecule has 21 heavy (non-hydrogen) atoms. The molecule has 1 heterocycles. The third-order valence-corrected chi connectivity index (χ3v) is 6.42. The minimum atomic E-state index is 0.730. The molecule has 0 bridgehead atoms. The van der Waals surface area contributed by atoms with Gasteiger partial charge in [0.05, 0.1) is 6.61 Å². The van der Waals surface area contributed by atoms with Gasteiger partial charge in [0, 0.05) is 12.6 Å². The van der Waals surface area contributed by atoms with E-state index >= 15 is 0 Å². The second kappa shape index (κ2) is 7.97. The largest absolute Gasteiger partial charge is 0.381 e. The molecular formula is C19H35NO. The Hall–Kier alpha value is -0.0800. The van der Waals surface area contributed by atoms with Gasteiger partial charge in [-0.25, -0.2) is 0 Å². The molecule has 0 amide bonds. The molecule has 3 rings (SSSR count). The van der Waals surface area contributed by atoms with Crippen LogP contribution in [0.2, 0.25) is 0 Å². The van der Waals surface area contributed by atoms with Crippen molar-refractivity contribution in [1.29, 1.82) is 0 Å². The zero-order valence-corrected chi connectivity index (χ0v) is 14.0. The molecule has 2 aliphatic carbocycles. The number of hydrogen-bond acceptors (Lipinski definition) is 2. The lowest BCUT2D eigenvalue weighted by atomic mass is 9.64. The summed E-state index contributed by atoms with van der Waals surface area (Å²) in [6.45, 7) is 5.48. The van der Waals surface area contributed by atoms with Crippen LogP contribution in [-0.2, 0) is 4.74 Å². The number of fused-ring (bicyclic) bond motifs is 1. The Balaban J connectivity index is 1.61. The fourth-order valence-electron chi connectivity index (χ4n) is 5.31. The molecule has 2 saturated carbocycles. The van der Waals surface area contributed by atoms with Gasteiger partial charge in [0.15, 0.2) is 0 Å². The van der Waals surface area contributed by atoms with Gasteiger partial charge in [-0.2, -0.15) is 0 Å². The monoisotopic (exact) mass is 293 g/mol. The van der Waals surface area contributed by atoms with E-state index < -0.39 is 0 Å². The molecule has 3 aliphatic rings. The van der Waals surface area contributed by atoms with Gasteiger partial charge in [0.1, 0.15) is 0 Å². The van der Waals surface area contributed by atoms with Crippen LogP contribution in [0.25, 0.3) is 0 Å². The average molecular weight is 293 g/mol. The second-order valence-corrected chi connectivity index (χ2v) is 7.83. The van der Waals surface area contributed by atoms with E-state index in [0.29, 0.717) is 0 Å².